The fourth-order valence-electron chi connectivity index (χ4n) is 2.01. The SMILES string of the molecule is CCCNC(CCOCCC)CCC1CC1. The van der Waals surface area contributed by atoms with Crippen LogP contribution in [-0.4, -0.2) is 25.8 Å². The van der Waals surface area contributed by atoms with Gasteiger partial charge in [0.05, 0.1) is 0 Å². The maximum absolute atomic E-state index is 5.58. The monoisotopic (exact) mass is 227 g/mol. The van der Waals surface area contributed by atoms with Gasteiger partial charge in [0.15, 0.2) is 0 Å². The van der Waals surface area contributed by atoms with Crippen molar-refractivity contribution in [1.82, 2.24) is 5.32 Å². The van der Waals surface area contributed by atoms with Crippen LogP contribution in [0.4, 0.5) is 0 Å². The normalized spacial score (nSPS) is 17.6. The molecule has 0 spiro atoms. The zero-order valence-electron chi connectivity index (χ0n) is 11.1. The molecule has 0 radical (unpaired) electrons. The van der Waals surface area contributed by atoms with Crippen LogP contribution < -0.4 is 5.32 Å². The van der Waals surface area contributed by atoms with Crippen LogP contribution in [0.3, 0.4) is 0 Å². The molecular weight excluding hydrogens is 198 g/mol. The second kappa shape index (κ2) is 9.00. The van der Waals surface area contributed by atoms with Crippen molar-refractivity contribution in [1.29, 1.82) is 0 Å². The third-order valence-corrected chi connectivity index (χ3v) is 3.26. The summed E-state index contributed by atoms with van der Waals surface area (Å²) >= 11 is 0. The minimum Gasteiger partial charge on any atom is -0.381 e. The van der Waals surface area contributed by atoms with E-state index < -0.39 is 0 Å². The van der Waals surface area contributed by atoms with E-state index in [0.717, 1.165) is 32.1 Å². The van der Waals surface area contributed by atoms with E-state index >= 15 is 0 Å². The molecule has 2 heteroatoms. The molecule has 16 heavy (non-hydrogen) atoms. The van der Waals surface area contributed by atoms with E-state index in [1.54, 1.807) is 0 Å². The van der Waals surface area contributed by atoms with Crippen LogP contribution in [0.1, 0.15) is 58.8 Å². The van der Waals surface area contributed by atoms with E-state index in [1.165, 1.54) is 38.5 Å². The summed E-state index contributed by atoms with van der Waals surface area (Å²) in [6.07, 6.45) is 9.28. The molecule has 1 N–H and O–H groups in total. The molecule has 0 aromatic rings. The number of hydrogen-bond donors (Lipinski definition) is 1. The second-order valence-electron chi connectivity index (χ2n) is 5.07. The quantitative estimate of drug-likeness (QED) is 0.546. The lowest BCUT2D eigenvalue weighted by molar-refractivity contribution is 0.123. The van der Waals surface area contributed by atoms with Gasteiger partial charge in [-0.25, -0.2) is 0 Å². The second-order valence-corrected chi connectivity index (χ2v) is 5.07. The molecule has 0 aromatic carbocycles. The van der Waals surface area contributed by atoms with E-state index in [4.69, 9.17) is 4.74 Å². The molecule has 1 rings (SSSR count). The molecule has 0 aliphatic heterocycles. The van der Waals surface area contributed by atoms with Crippen molar-refractivity contribution in [3.8, 4) is 0 Å². The number of hydrogen-bond acceptors (Lipinski definition) is 2. The van der Waals surface area contributed by atoms with Crippen LogP contribution in [0, 0.1) is 5.92 Å². The Labute approximate surface area is 101 Å². The molecule has 1 atom stereocenters. The van der Waals surface area contributed by atoms with E-state index in [9.17, 15) is 0 Å². The molecular formula is C14H29NO. The average molecular weight is 227 g/mol. The van der Waals surface area contributed by atoms with Gasteiger partial charge in [-0.05, 0) is 44.6 Å². The average Bonchev–Trinajstić information content (AvgIpc) is 3.11. The fourth-order valence-corrected chi connectivity index (χ4v) is 2.01. The van der Waals surface area contributed by atoms with E-state index in [2.05, 4.69) is 19.2 Å². The molecule has 1 unspecified atom stereocenters. The van der Waals surface area contributed by atoms with Crippen LogP contribution in [0.25, 0.3) is 0 Å². The topological polar surface area (TPSA) is 21.3 Å². The highest BCUT2D eigenvalue weighted by molar-refractivity contribution is 4.76. The van der Waals surface area contributed by atoms with Crippen molar-refractivity contribution in [3.63, 3.8) is 0 Å². The summed E-state index contributed by atoms with van der Waals surface area (Å²) in [4.78, 5) is 0. The summed E-state index contributed by atoms with van der Waals surface area (Å²) < 4.78 is 5.58. The standard InChI is InChI=1S/C14H29NO/c1-3-10-15-14(8-7-13-5-6-13)9-12-16-11-4-2/h13-15H,3-12H2,1-2H3. The highest BCUT2D eigenvalue weighted by Crippen LogP contribution is 2.34. The summed E-state index contributed by atoms with van der Waals surface area (Å²) in [7, 11) is 0. The maximum Gasteiger partial charge on any atom is 0.0480 e. The fraction of sp³-hybridized carbons (Fsp3) is 1.00. The Hall–Kier alpha value is -0.0800. The van der Waals surface area contributed by atoms with E-state index in [1.807, 2.05) is 0 Å². The Morgan fingerprint density at radius 2 is 1.94 bits per heavy atom. The molecule has 1 saturated carbocycles. The first kappa shape index (κ1) is 14.0. The Morgan fingerprint density at radius 1 is 1.12 bits per heavy atom. The first-order valence-corrected chi connectivity index (χ1v) is 7.18. The van der Waals surface area contributed by atoms with Gasteiger partial charge >= 0.3 is 0 Å². The van der Waals surface area contributed by atoms with Crippen molar-refractivity contribution < 1.29 is 4.74 Å². The molecule has 0 heterocycles. The van der Waals surface area contributed by atoms with Gasteiger partial charge in [-0.1, -0.05) is 26.7 Å². The van der Waals surface area contributed by atoms with Gasteiger partial charge in [0.25, 0.3) is 0 Å². The largest absolute Gasteiger partial charge is 0.381 e. The first-order chi connectivity index (χ1) is 7.86. The lowest BCUT2D eigenvalue weighted by atomic mass is 10.1. The van der Waals surface area contributed by atoms with Gasteiger partial charge in [-0.2, -0.15) is 0 Å². The Bertz CT molecular complexity index is 157. The highest BCUT2D eigenvalue weighted by atomic mass is 16.5. The van der Waals surface area contributed by atoms with Crippen molar-refractivity contribution in [2.45, 2.75) is 64.8 Å². The molecule has 1 aliphatic carbocycles. The zero-order valence-corrected chi connectivity index (χ0v) is 11.1. The van der Waals surface area contributed by atoms with Gasteiger partial charge in [0.2, 0.25) is 0 Å². The first-order valence-electron chi connectivity index (χ1n) is 7.18. The Balaban J connectivity index is 2.03. The molecule has 0 bridgehead atoms. The summed E-state index contributed by atoms with van der Waals surface area (Å²) in [5.41, 5.74) is 0. The lowest BCUT2D eigenvalue weighted by Gasteiger charge is -2.18. The molecule has 96 valence electrons. The minimum atomic E-state index is 0.692. The van der Waals surface area contributed by atoms with Crippen LogP contribution in [0.5, 0.6) is 0 Å². The predicted octanol–water partition coefficient (Wildman–Crippen LogP) is 3.36. The van der Waals surface area contributed by atoms with E-state index in [0.29, 0.717) is 6.04 Å². The predicted molar refractivity (Wildman–Crippen MR) is 69.8 cm³/mol. The molecule has 2 nitrogen and oxygen atoms in total. The van der Waals surface area contributed by atoms with Crippen LogP contribution in [-0.2, 0) is 4.74 Å². The molecule has 0 saturated heterocycles. The van der Waals surface area contributed by atoms with Crippen LogP contribution in [0.15, 0.2) is 0 Å². The third-order valence-electron chi connectivity index (χ3n) is 3.26. The maximum atomic E-state index is 5.58. The number of ether oxygens (including phenoxy) is 1. The summed E-state index contributed by atoms with van der Waals surface area (Å²) in [6, 6.07) is 0.692. The van der Waals surface area contributed by atoms with E-state index in [-0.39, 0.29) is 0 Å². The van der Waals surface area contributed by atoms with Crippen molar-refractivity contribution >= 4 is 0 Å². The van der Waals surface area contributed by atoms with Gasteiger partial charge < -0.3 is 10.1 Å². The Morgan fingerprint density at radius 3 is 2.56 bits per heavy atom. The molecule has 0 amide bonds. The van der Waals surface area contributed by atoms with Crippen molar-refractivity contribution in [3.05, 3.63) is 0 Å². The van der Waals surface area contributed by atoms with Crippen LogP contribution in [0.2, 0.25) is 0 Å². The van der Waals surface area contributed by atoms with Crippen molar-refractivity contribution in [2.24, 2.45) is 5.92 Å². The number of nitrogens with one attached hydrogen (secondary N) is 1. The molecule has 1 aliphatic rings. The molecule has 1 fully saturated rings. The summed E-state index contributed by atoms with van der Waals surface area (Å²) in [5, 5.41) is 3.65. The number of rotatable bonds is 11. The zero-order chi connectivity index (χ0) is 11.6. The van der Waals surface area contributed by atoms with Gasteiger partial charge in [0, 0.05) is 19.3 Å². The Kier molecular flexibility index (Phi) is 7.87. The minimum absolute atomic E-state index is 0.692. The highest BCUT2D eigenvalue weighted by Gasteiger charge is 2.22. The summed E-state index contributed by atoms with van der Waals surface area (Å²) in [5.74, 6) is 1.06. The molecule has 0 aromatic heterocycles. The van der Waals surface area contributed by atoms with Gasteiger partial charge in [-0.3, -0.25) is 0 Å². The smallest absolute Gasteiger partial charge is 0.0480 e. The third kappa shape index (κ3) is 7.24. The van der Waals surface area contributed by atoms with Crippen LogP contribution >= 0.6 is 0 Å². The van der Waals surface area contributed by atoms with Gasteiger partial charge in [0.1, 0.15) is 0 Å². The van der Waals surface area contributed by atoms with Gasteiger partial charge in [-0.15, -0.1) is 0 Å². The summed E-state index contributed by atoms with van der Waals surface area (Å²) in [6.45, 7) is 7.41. The van der Waals surface area contributed by atoms with Crippen molar-refractivity contribution in [2.75, 3.05) is 19.8 Å². The lowest BCUT2D eigenvalue weighted by Crippen LogP contribution is -2.31.